The minimum absolute atomic E-state index is 0.286. The van der Waals surface area contributed by atoms with Crippen LogP contribution in [0.1, 0.15) is 52.4 Å². The van der Waals surface area contributed by atoms with Crippen LogP contribution in [0.15, 0.2) is 0 Å². The fourth-order valence-corrected chi connectivity index (χ4v) is 4.52. The molecule has 1 aliphatic carbocycles. The van der Waals surface area contributed by atoms with Crippen molar-refractivity contribution >= 4 is 5.91 Å². The van der Waals surface area contributed by atoms with Crippen molar-refractivity contribution in [1.82, 2.24) is 14.7 Å². The molecule has 5 nitrogen and oxygen atoms in total. The van der Waals surface area contributed by atoms with E-state index in [0.717, 1.165) is 77.5 Å². The highest BCUT2D eigenvalue weighted by Crippen LogP contribution is 2.35. The van der Waals surface area contributed by atoms with Crippen molar-refractivity contribution in [2.24, 2.45) is 11.8 Å². The first-order valence-corrected chi connectivity index (χ1v) is 10.9. The number of ether oxygens (including phenoxy) is 1. The molecule has 0 atom stereocenters. The molecule has 5 heteroatoms. The summed E-state index contributed by atoms with van der Waals surface area (Å²) in [6, 6.07) is 0.637. The molecule has 0 bridgehead atoms. The van der Waals surface area contributed by atoms with Gasteiger partial charge in [-0.25, -0.2) is 0 Å². The van der Waals surface area contributed by atoms with Crippen LogP contribution in [0.3, 0.4) is 0 Å². The largest absolute Gasteiger partial charge is 0.378 e. The van der Waals surface area contributed by atoms with E-state index in [0.29, 0.717) is 18.1 Å². The molecule has 3 rings (SSSR count). The third-order valence-corrected chi connectivity index (χ3v) is 6.55. The molecule has 2 aliphatic heterocycles. The Morgan fingerprint density at radius 3 is 2.31 bits per heavy atom. The molecule has 1 amide bonds. The highest BCUT2D eigenvalue weighted by Gasteiger charge is 2.40. The molecule has 0 unspecified atom stereocenters. The Labute approximate surface area is 160 Å². The summed E-state index contributed by atoms with van der Waals surface area (Å²) in [4.78, 5) is 19.6. The lowest BCUT2D eigenvalue weighted by molar-refractivity contribution is -0.142. The van der Waals surface area contributed by atoms with E-state index in [-0.39, 0.29) is 5.92 Å². The molecular formula is C21H39N3O2. The quantitative estimate of drug-likeness (QED) is 0.650. The number of likely N-dealkylation sites (tertiary alicyclic amines) is 1. The minimum Gasteiger partial charge on any atom is -0.378 e. The maximum Gasteiger partial charge on any atom is 0.225 e. The summed E-state index contributed by atoms with van der Waals surface area (Å²) in [5, 5.41) is 0. The predicted molar refractivity (Wildman–Crippen MR) is 105 cm³/mol. The monoisotopic (exact) mass is 365 g/mol. The van der Waals surface area contributed by atoms with E-state index in [4.69, 9.17) is 4.74 Å². The normalized spacial score (nSPS) is 29.2. The highest BCUT2D eigenvalue weighted by atomic mass is 16.5. The zero-order valence-corrected chi connectivity index (χ0v) is 17.2. The molecule has 150 valence electrons. The molecule has 0 radical (unpaired) electrons. The topological polar surface area (TPSA) is 36.0 Å². The van der Waals surface area contributed by atoms with Crippen LogP contribution in [-0.2, 0) is 9.53 Å². The Morgan fingerprint density at radius 1 is 1.04 bits per heavy atom. The van der Waals surface area contributed by atoms with Gasteiger partial charge in [0.1, 0.15) is 0 Å². The van der Waals surface area contributed by atoms with E-state index in [9.17, 15) is 4.79 Å². The van der Waals surface area contributed by atoms with E-state index in [1.807, 2.05) is 0 Å². The van der Waals surface area contributed by atoms with Crippen molar-refractivity contribution in [2.75, 3.05) is 52.9 Å². The second kappa shape index (κ2) is 9.52. The van der Waals surface area contributed by atoms with E-state index < -0.39 is 0 Å². The highest BCUT2D eigenvalue weighted by molar-refractivity contribution is 5.80. The lowest BCUT2D eigenvalue weighted by Gasteiger charge is -2.46. The fraction of sp³-hybridized carbons (Fsp3) is 0.952. The number of rotatable bonds is 7. The van der Waals surface area contributed by atoms with Gasteiger partial charge in [-0.05, 0) is 51.5 Å². The first-order valence-electron chi connectivity index (χ1n) is 10.9. The SMILES string of the molecule is CC(C)CCCOC1CCN(C2CC(C(=O)N3CCN(C)CC3)C2)CC1. The molecule has 1 saturated carbocycles. The standard InChI is InChI=1S/C21H39N3O2/c1-17(2)5-4-14-26-20-6-8-23(9-7-20)19-15-18(16-19)21(25)24-12-10-22(3)11-13-24/h17-20H,4-16H2,1-3H3. The van der Waals surface area contributed by atoms with Gasteiger partial charge in [-0.1, -0.05) is 13.8 Å². The van der Waals surface area contributed by atoms with E-state index in [1.165, 1.54) is 12.8 Å². The van der Waals surface area contributed by atoms with Crippen LogP contribution in [0.5, 0.6) is 0 Å². The Bertz CT molecular complexity index is 435. The van der Waals surface area contributed by atoms with Crippen LogP contribution in [0, 0.1) is 11.8 Å². The molecule has 26 heavy (non-hydrogen) atoms. The van der Waals surface area contributed by atoms with E-state index in [2.05, 4.69) is 35.6 Å². The molecule has 0 aromatic heterocycles. The Balaban J connectivity index is 1.29. The molecule has 2 saturated heterocycles. The van der Waals surface area contributed by atoms with Crippen LogP contribution in [0.4, 0.5) is 0 Å². The third kappa shape index (κ3) is 5.43. The van der Waals surface area contributed by atoms with Gasteiger partial charge in [-0.15, -0.1) is 0 Å². The number of hydrogen-bond donors (Lipinski definition) is 0. The number of likely N-dealkylation sites (N-methyl/N-ethyl adjacent to an activating group) is 1. The first kappa shape index (κ1) is 20.1. The van der Waals surface area contributed by atoms with Crippen molar-refractivity contribution < 1.29 is 9.53 Å². The number of amides is 1. The van der Waals surface area contributed by atoms with Crippen LogP contribution in [-0.4, -0.2) is 85.7 Å². The van der Waals surface area contributed by atoms with Gasteiger partial charge in [0.2, 0.25) is 5.91 Å². The Kier molecular flexibility index (Phi) is 7.35. The van der Waals surface area contributed by atoms with Crippen LogP contribution >= 0.6 is 0 Å². The van der Waals surface area contributed by atoms with Crippen LogP contribution in [0.25, 0.3) is 0 Å². The number of nitrogens with zero attached hydrogens (tertiary/aromatic N) is 3. The lowest BCUT2D eigenvalue weighted by Crippen LogP contribution is -2.55. The number of carbonyl (C=O) groups is 1. The third-order valence-electron chi connectivity index (χ3n) is 6.55. The van der Waals surface area contributed by atoms with Gasteiger partial charge in [0.25, 0.3) is 0 Å². The van der Waals surface area contributed by atoms with Crippen molar-refractivity contribution in [3.63, 3.8) is 0 Å². The van der Waals surface area contributed by atoms with Crippen molar-refractivity contribution in [2.45, 2.75) is 64.5 Å². The number of piperazine rings is 1. The number of hydrogen-bond acceptors (Lipinski definition) is 4. The van der Waals surface area contributed by atoms with Gasteiger partial charge in [-0.3, -0.25) is 4.79 Å². The molecule has 0 N–H and O–H groups in total. The van der Waals surface area contributed by atoms with Gasteiger partial charge >= 0.3 is 0 Å². The number of piperidine rings is 1. The zero-order chi connectivity index (χ0) is 18.5. The molecule has 3 fully saturated rings. The summed E-state index contributed by atoms with van der Waals surface area (Å²) in [7, 11) is 2.14. The summed E-state index contributed by atoms with van der Waals surface area (Å²) in [6.45, 7) is 11.6. The zero-order valence-electron chi connectivity index (χ0n) is 17.2. The Morgan fingerprint density at radius 2 is 1.69 bits per heavy atom. The predicted octanol–water partition coefficient (Wildman–Crippen LogP) is 2.46. The second-order valence-corrected chi connectivity index (χ2v) is 9.09. The van der Waals surface area contributed by atoms with Crippen LogP contribution < -0.4 is 0 Å². The summed E-state index contributed by atoms with van der Waals surface area (Å²) >= 11 is 0. The summed E-state index contributed by atoms with van der Waals surface area (Å²) < 4.78 is 6.07. The average Bonchev–Trinajstić information content (AvgIpc) is 2.59. The molecule has 0 spiro atoms. The maximum absolute atomic E-state index is 12.6. The lowest BCUT2D eigenvalue weighted by atomic mass is 9.77. The average molecular weight is 366 g/mol. The number of carbonyl (C=O) groups excluding carboxylic acids is 1. The molecule has 0 aromatic carbocycles. The van der Waals surface area contributed by atoms with Gasteiger partial charge in [-0.2, -0.15) is 0 Å². The van der Waals surface area contributed by atoms with Crippen LogP contribution in [0.2, 0.25) is 0 Å². The van der Waals surface area contributed by atoms with Crippen molar-refractivity contribution in [1.29, 1.82) is 0 Å². The molecule has 2 heterocycles. The van der Waals surface area contributed by atoms with Gasteiger partial charge in [0.05, 0.1) is 6.10 Å². The summed E-state index contributed by atoms with van der Waals surface area (Å²) in [5.74, 6) is 1.48. The van der Waals surface area contributed by atoms with Crippen molar-refractivity contribution in [3.8, 4) is 0 Å². The maximum atomic E-state index is 12.6. The molecular weight excluding hydrogens is 326 g/mol. The van der Waals surface area contributed by atoms with E-state index >= 15 is 0 Å². The first-order chi connectivity index (χ1) is 12.5. The van der Waals surface area contributed by atoms with Gasteiger partial charge in [0.15, 0.2) is 0 Å². The van der Waals surface area contributed by atoms with Gasteiger partial charge < -0.3 is 19.4 Å². The summed E-state index contributed by atoms with van der Waals surface area (Å²) in [6.07, 6.45) is 7.39. The second-order valence-electron chi connectivity index (χ2n) is 9.09. The van der Waals surface area contributed by atoms with E-state index in [1.54, 1.807) is 0 Å². The smallest absolute Gasteiger partial charge is 0.225 e. The molecule has 0 aromatic rings. The minimum atomic E-state index is 0.286. The molecule has 3 aliphatic rings. The summed E-state index contributed by atoms with van der Waals surface area (Å²) in [5.41, 5.74) is 0. The van der Waals surface area contributed by atoms with Crippen molar-refractivity contribution in [3.05, 3.63) is 0 Å². The Hall–Kier alpha value is -0.650. The fourth-order valence-electron chi connectivity index (χ4n) is 4.52. The van der Waals surface area contributed by atoms with Gasteiger partial charge in [0, 0.05) is 57.8 Å².